The summed E-state index contributed by atoms with van der Waals surface area (Å²) in [6, 6.07) is 2.30. The van der Waals surface area contributed by atoms with Crippen molar-refractivity contribution < 1.29 is 4.79 Å². The molecule has 0 atom stereocenters. The zero-order chi connectivity index (χ0) is 13.7. The molecule has 1 aliphatic rings. The van der Waals surface area contributed by atoms with Crippen LogP contribution < -0.4 is 5.32 Å². The second-order valence-electron chi connectivity index (χ2n) is 4.85. The zero-order valence-corrected chi connectivity index (χ0v) is 12.6. The first kappa shape index (κ1) is 14.4. The lowest BCUT2D eigenvalue weighted by atomic mass is 9.83. The number of hydrogen-bond acceptors (Lipinski definition) is 5. The van der Waals surface area contributed by atoms with Gasteiger partial charge in [-0.15, -0.1) is 11.3 Å². The van der Waals surface area contributed by atoms with Crippen molar-refractivity contribution in [3.8, 4) is 6.07 Å². The normalized spacial score (nSPS) is 17.7. The van der Waals surface area contributed by atoms with Crippen LogP contribution in [0.3, 0.4) is 0 Å². The number of aryl methyl sites for hydroxylation is 1. The number of amides is 1. The van der Waals surface area contributed by atoms with Crippen LogP contribution in [-0.2, 0) is 4.79 Å². The monoisotopic (exact) mass is 295 g/mol. The molecule has 0 aromatic carbocycles. The van der Waals surface area contributed by atoms with Crippen molar-refractivity contribution >= 4 is 29.0 Å². The maximum absolute atomic E-state index is 11.9. The lowest BCUT2D eigenvalue weighted by Crippen LogP contribution is -2.49. The van der Waals surface area contributed by atoms with Crippen LogP contribution in [-0.4, -0.2) is 22.2 Å². The van der Waals surface area contributed by atoms with E-state index in [1.807, 2.05) is 12.3 Å². The fraction of sp³-hybridized carbons (Fsp3) is 0.615. The molecule has 0 bridgehead atoms. The van der Waals surface area contributed by atoms with Crippen molar-refractivity contribution in [2.75, 3.05) is 5.75 Å². The predicted octanol–water partition coefficient (Wildman–Crippen LogP) is 2.89. The Kier molecular flexibility index (Phi) is 4.83. The summed E-state index contributed by atoms with van der Waals surface area (Å²) < 4.78 is 0.905. The molecule has 1 aromatic heterocycles. The molecule has 0 radical (unpaired) electrons. The van der Waals surface area contributed by atoms with Crippen molar-refractivity contribution in [1.82, 2.24) is 10.3 Å². The Bertz CT molecular complexity index is 486. The molecule has 1 aliphatic carbocycles. The SMILES string of the molecule is Cc1csc(SCC(=O)NC2(C#N)CCCCC2)n1. The van der Waals surface area contributed by atoms with Gasteiger partial charge in [0.2, 0.25) is 5.91 Å². The summed E-state index contributed by atoms with van der Waals surface area (Å²) in [4.78, 5) is 16.3. The Balaban J connectivity index is 1.85. The van der Waals surface area contributed by atoms with Crippen molar-refractivity contribution in [1.29, 1.82) is 5.26 Å². The first-order chi connectivity index (χ1) is 9.13. The van der Waals surface area contributed by atoms with Gasteiger partial charge in [-0.1, -0.05) is 31.0 Å². The molecule has 4 nitrogen and oxygen atoms in total. The highest BCUT2D eigenvalue weighted by molar-refractivity contribution is 8.01. The minimum Gasteiger partial charge on any atom is -0.337 e. The third-order valence-corrected chi connectivity index (χ3v) is 5.36. The molecule has 2 rings (SSSR count). The molecule has 1 heterocycles. The molecule has 1 saturated carbocycles. The van der Waals surface area contributed by atoms with E-state index < -0.39 is 5.54 Å². The Morgan fingerprint density at radius 3 is 2.89 bits per heavy atom. The van der Waals surface area contributed by atoms with Gasteiger partial charge < -0.3 is 5.32 Å². The lowest BCUT2D eigenvalue weighted by molar-refractivity contribution is -0.120. The molecule has 0 saturated heterocycles. The van der Waals surface area contributed by atoms with Gasteiger partial charge in [-0.05, 0) is 19.8 Å². The van der Waals surface area contributed by atoms with E-state index in [1.165, 1.54) is 11.8 Å². The minimum absolute atomic E-state index is 0.0682. The quantitative estimate of drug-likeness (QED) is 0.867. The number of nitrogens with one attached hydrogen (secondary N) is 1. The van der Waals surface area contributed by atoms with Gasteiger partial charge >= 0.3 is 0 Å². The van der Waals surface area contributed by atoms with Gasteiger partial charge in [-0.2, -0.15) is 5.26 Å². The van der Waals surface area contributed by atoms with E-state index >= 15 is 0 Å². The van der Waals surface area contributed by atoms with Gasteiger partial charge in [0.05, 0.1) is 11.8 Å². The Labute approximate surface area is 121 Å². The Morgan fingerprint density at radius 1 is 1.58 bits per heavy atom. The fourth-order valence-electron chi connectivity index (χ4n) is 2.25. The molecule has 1 amide bonds. The molecule has 1 fully saturated rings. The summed E-state index contributed by atoms with van der Waals surface area (Å²) in [6.07, 6.45) is 4.75. The van der Waals surface area contributed by atoms with E-state index in [-0.39, 0.29) is 5.91 Å². The zero-order valence-electron chi connectivity index (χ0n) is 10.9. The first-order valence-corrected chi connectivity index (χ1v) is 8.27. The number of nitrogens with zero attached hydrogens (tertiary/aromatic N) is 2. The number of nitriles is 1. The van der Waals surface area contributed by atoms with Gasteiger partial charge in [0.15, 0.2) is 4.34 Å². The highest BCUT2D eigenvalue weighted by atomic mass is 32.2. The van der Waals surface area contributed by atoms with E-state index in [0.29, 0.717) is 5.75 Å². The molecule has 19 heavy (non-hydrogen) atoms. The summed E-state index contributed by atoms with van der Waals surface area (Å²) in [5, 5.41) is 14.2. The third kappa shape index (κ3) is 3.95. The van der Waals surface area contributed by atoms with Crippen LogP contribution in [0.4, 0.5) is 0 Å². The molecule has 1 N–H and O–H groups in total. The molecule has 102 valence electrons. The van der Waals surface area contributed by atoms with Gasteiger partial charge in [0.25, 0.3) is 0 Å². The maximum atomic E-state index is 11.9. The van der Waals surface area contributed by atoms with Crippen molar-refractivity contribution in [3.05, 3.63) is 11.1 Å². The second kappa shape index (κ2) is 6.40. The van der Waals surface area contributed by atoms with Crippen LogP contribution in [0.2, 0.25) is 0 Å². The summed E-state index contributed by atoms with van der Waals surface area (Å²) in [5.74, 6) is 0.262. The minimum atomic E-state index is -0.630. The predicted molar refractivity (Wildman–Crippen MR) is 77.1 cm³/mol. The third-order valence-electron chi connectivity index (χ3n) is 3.22. The Morgan fingerprint density at radius 2 is 2.32 bits per heavy atom. The number of rotatable bonds is 4. The highest BCUT2D eigenvalue weighted by Crippen LogP contribution is 2.28. The van der Waals surface area contributed by atoms with Gasteiger partial charge in [0, 0.05) is 11.1 Å². The molecule has 0 unspecified atom stereocenters. The summed E-state index contributed by atoms with van der Waals surface area (Å²) in [7, 11) is 0. The molecule has 0 aliphatic heterocycles. The van der Waals surface area contributed by atoms with Crippen molar-refractivity contribution in [2.45, 2.75) is 48.9 Å². The number of thiazole rings is 1. The number of carbonyl (C=O) groups is 1. The van der Waals surface area contributed by atoms with Crippen LogP contribution in [0.15, 0.2) is 9.72 Å². The van der Waals surface area contributed by atoms with Crippen LogP contribution in [0.1, 0.15) is 37.8 Å². The molecule has 0 spiro atoms. The van der Waals surface area contributed by atoms with E-state index in [2.05, 4.69) is 16.4 Å². The molecule has 6 heteroatoms. The number of carbonyl (C=O) groups excluding carboxylic acids is 1. The van der Waals surface area contributed by atoms with Gasteiger partial charge in [-0.25, -0.2) is 4.98 Å². The topological polar surface area (TPSA) is 65.8 Å². The summed E-state index contributed by atoms with van der Waals surface area (Å²) in [5.41, 5.74) is 0.350. The lowest BCUT2D eigenvalue weighted by Gasteiger charge is -2.31. The van der Waals surface area contributed by atoms with E-state index in [9.17, 15) is 10.1 Å². The molecular formula is C13H17N3OS2. The smallest absolute Gasteiger partial charge is 0.231 e. The fourth-order valence-corrected chi connectivity index (χ4v) is 3.90. The number of hydrogen-bond donors (Lipinski definition) is 1. The van der Waals surface area contributed by atoms with E-state index in [1.54, 1.807) is 11.3 Å². The van der Waals surface area contributed by atoms with Crippen LogP contribution >= 0.6 is 23.1 Å². The largest absolute Gasteiger partial charge is 0.337 e. The second-order valence-corrected chi connectivity index (χ2v) is 6.93. The van der Waals surface area contributed by atoms with E-state index in [0.717, 1.165) is 42.1 Å². The van der Waals surface area contributed by atoms with Crippen LogP contribution in [0, 0.1) is 18.3 Å². The van der Waals surface area contributed by atoms with Crippen molar-refractivity contribution in [2.24, 2.45) is 0 Å². The van der Waals surface area contributed by atoms with Gasteiger partial charge in [-0.3, -0.25) is 4.79 Å². The van der Waals surface area contributed by atoms with Gasteiger partial charge in [0.1, 0.15) is 5.54 Å². The number of aromatic nitrogens is 1. The summed E-state index contributed by atoms with van der Waals surface area (Å²) in [6.45, 7) is 1.94. The van der Waals surface area contributed by atoms with Crippen LogP contribution in [0.25, 0.3) is 0 Å². The molecule has 1 aromatic rings. The van der Waals surface area contributed by atoms with Crippen molar-refractivity contribution in [3.63, 3.8) is 0 Å². The van der Waals surface area contributed by atoms with E-state index in [4.69, 9.17) is 0 Å². The van der Waals surface area contributed by atoms with Crippen LogP contribution in [0.5, 0.6) is 0 Å². The number of thioether (sulfide) groups is 1. The average molecular weight is 295 g/mol. The molecular weight excluding hydrogens is 278 g/mol. The highest BCUT2D eigenvalue weighted by Gasteiger charge is 2.33. The maximum Gasteiger partial charge on any atom is 0.231 e. The Hall–Kier alpha value is -1.06. The summed E-state index contributed by atoms with van der Waals surface area (Å²) >= 11 is 2.98. The first-order valence-electron chi connectivity index (χ1n) is 6.41. The standard InChI is InChI=1S/C13H17N3OS2/c1-10-7-18-12(15-10)19-8-11(17)16-13(9-14)5-3-2-4-6-13/h7H,2-6,8H2,1H3,(H,16,17). The average Bonchev–Trinajstić information content (AvgIpc) is 2.83.